The lowest BCUT2D eigenvalue weighted by Gasteiger charge is -2.26. The van der Waals surface area contributed by atoms with Crippen molar-refractivity contribution >= 4 is 51.2 Å². The highest BCUT2D eigenvalue weighted by Crippen LogP contribution is 2.48. The molecule has 5 rings (SSSR count). The number of carbonyl (C=O) groups is 4. The third-order valence-corrected chi connectivity index (χ3v) is 9.56. The standard InChI is InChI=1S/C40H48N6O7/c1-23(47)44-32-22-27-21-25-13-6-9-16-29(25)34(36(27)52-3)33-28-15-8-5-12-24(28)20-26(35(33)51-2)14-7-10-17-31(39(50)53-4)46-37(48)30(45-38(32)49)18-11-19-43-40(41)42/h5-6,8-9,12-13,15-16,20-21,30-32H,7,10-11,14,17-19,22H2,1-4H3,(H,44,47)(H,45,49)(H,46,48)(H4,41,42,43)/p+1/t30-,31+,32?/m1/s1. The van der Waals surface area contributed by atoms with Crippen LogP contribution in [0.1, 0.15) is 50.2 Å². The van der Waals surface area contributed by atoms with Crippen LogP contribution in [0.2, 0.25) is 0 Å². The quantitative estimate of drug-likeness (QED) is 0.0678. The van der Waals surface area contributed by atoms with E-state index in [1.165, 1.54) is 14.0 Å². The molecule has 53 heavy (non-hydrogen) atoms. The molecule has 4 aromatic rings. The number of carbonyl (C=O) groups excluding carboxylic acids is 4. The van der Waals surface area contributed by atoms with Crippen molar-refractivity contribution in [2.24, 2.45) is 11.5 Å². The summed E-state index contributed by atoms with van der Waals surface area (Å²) in [5, 5.41) is 12.2. The Bertz CT molecular complexity index is 2030. The SMILES string of the molecule is COC(=O)[C@@H]1CCCCc2cc3ccccc3c(c2OC)-c2c(OC)c(cc3ccccc23)CC(NC(C)=O)C(=O)N[C@H](CCC[NH+]=C(N)N)C(=O)N1. The molecule has 4 bridgehead atoms. The Kier molecular flexibility index (Phi) is 12.7. The van der Waals surface area contributed by atoms with Gasteiger partial charge in [0.15, 0.2) is 0 Å². The van der Waals surface area contributed by atoms with Crippen LogP contribution in [0.5, 0.6) is 11.5 Å². The molecule has 13 nitrogen and oxygen atoms in total. The third-order valence-electron chi connectivity index (χ3n) is 9.56. The number of nitrogens with two attached hydrogens (primary N) is 2. The topological polar surface area (TPSA) is 198 Å². The Morgan fingerprint density at radius 1 is 0.849 bits per heavy atom. The number of aryl methyl sites for hydroxylation is 1. The smallest absolute Gasteiger partial charge is 0.338 e. The molecule has 0 spiro atoms. The second kappa shape index (κ2) is 17.6. The number of hydrogen-bond acceptors (Lipinski definition) is 7. The first-order chi connectivity index (χ1) is 25.6. The van der Waals surface area contributed by atoms with Crippen LogP contribution in [0.3, 0.4) is 0 Å². The van der Waals surface area contributed by atoms with Crippen LogP contribution in [0, 0.1) is 0 Å². The van der Waals surface area contributed by atoms with E-state index in [1.807, 2.05) is 42.5 Å². The predicted octanol–water partition coefficient (Wildman–Crippen LogP) is 1.73. The van der Waals surface area contributed by atoms with Gasteiger partial charge in [0.25, 0.3) is 0 Å². The van der Waals surface area contributed by atoms with Crippen LogP contribution in [0.15, 0.2) is 60.7 Å². The van der Waals surface area contributed by atoms with Gasteiger partial charge in [0.05, 0.1) is 27.9 Å². The molecular formula is C40H49N6O7+. The molecule has 280 valence electrons. The van der Waals surface area contributed by atoms with Crippen LogP contribution < -0.4 is 41.9 Å². The molecular weight excluding hydrogens is 676 g/mol. The molecule has 0 saturated heterocycles. The zero-order valence-electron chi connectivity index (χ0n) is 30.7. The van der Waals surface area contributed by atoms with Crippen molar-refractivity contribution < 1.29 is 38.4 Å². The number of benzene rings is 4. The normalized spacial score (nSPS) is 18.2. The number of ether oxygens (including phenoxy) is 3. The van der Waals surface area contributed by atoms with Crippen LogP contribution in [-0.4, -0.2) is 75.7 Å². The number of hydrogen-bond donors (Lipinski definition) is 6. The summed E-state index contributed by atoms with van der Waals surface area (Å²) in [6.45, 7) is 1.67. The molecule has 0 aromatic heterocycles. The van der Waals surface area contributed by atoms with Crippen molar-refractivity contribution in [3.05, 3.63) is 71.8 Å². The first-order valence-electron chi connectivity index (χ1n) is 17.8. The molecule has 4 aromatic carbocycles. The number of guanidine groups is 1. The summed E-state index contributed by atoms with van der Waals surface area (Å²) in [5.74, 6) is -0.929. The summed E-state index contributed by atoms with van der Waals surface area (Å²) >= 11 is 0. The van der Waals surface area contributed by atoms with Crippen molar-refractivity contribution in [1.29, 1.82) is 0 Å². The zero-order chi connectivity index (χ0) is 38.1. The Balaban J connectivity index is 1.73. The van der Waals surface area contributed by atoms with Crippen LogP contribution >= 0.6 is 0 Å². The summed E-state index contributed by atoms with van der Waals surface area (Å²) in [5.41, 5.74) is 14.4. The highest BCUT2D eigenvalue weighted by atomic mass is 16.5. The number of fused-ring (bicyclic) bond motifs is 9. The average Bonchev–Trinajstić information content (AvgIpc) is 3.14. The molecule has 0 saturated carbocycles. The first-order valence-corrected chi connectivity index (χ1v) is 17.8. The van der Waals surface area contributed by atoms with Gasteiger partial charge in [-0.1, -0.05) is 55.0 Å². The first kappa shape index (κ1) is 38.4. The van der Waals surface area contributed by atoms with Crippen molar-refractivity contribution in [2.45, 2.75) is 70.0 Å². The van der Waals surface area contributed by atoms with Gasteiger partial charge in [-0.2, -0.15) is 0 Å². The Morgan fingerprint density at radius 2 is 1.45 bits per heavy atom. The van der Waals surface area contributed by atoms with Gasteiger partial charge >= 0.3 is 11.9 Å². The molecule has 0 aliphatic carbocycles. The predicted molar refractivity (Wildman–Crippen MR) is 203 cm³/mol. The van der Waals surface area contributed by atoms with Crippen molar-refractivity contribution in [3.63, 3.8) is 0 Å². The van der Waals surface area contributed by atoms with Crippen LogP contribution in [0.25, 0.3) is 32.7 Å². The second-order valence-electron chi connectivity index (χ2n) is 13.2. The molecule has 0 fully saturated rings. The summed E-state index contributed by atoms with van der Waals surface area (Å²) in [6, 6.07) is 17.0. The Labute approximate surface area is 308 Å². The van der Waals surface area contributed by atoms with E-state index in [1.54, 1.807) is 14.2 Å². The molecule has 3 amide bonds. The van der Waals surface area contributed by atoms with E-state index in [0.717, 1.165) is 38.2 Å². The minimum absolute atomic E-state index is 0.0279. The van der Waals surface area contributed by atoms with Crippen molar-refractivity contribution in [3.8, 4) is 22.6 Å². The maximum absolute atomic E-state index is 14.2. The molecule has 0 radical (unpaired) electrons. The van der Waals surface area contributed by atoms with Gasteiger partial charge in [0.2, 0.25) is 17.7 Å². The Morgan fingerprint density at radius 3 is 2.04 bits per heavy atom. The van der Waals surface area contributed by atoms with E-state index in [2.05, 4.69) is 39.1 Å². The minimum Gasteiger partial charge on any atom is -0.496 e. The maximum Gasteiger partial charge on any atom is 0.338 e. The molecule has 1 aliphatic heterocycles. The second-order valence-corrected chi connectivity index (χ2v) is 13.2. The van der Waals surface area contributed by atoms with Gasteiger partial charge in [-0.3, -0.25) is 30.8 Å². The van der Waals surface area contributed by atoms with Crippen molar-refractivity contribution in [2.75, 3.05) is 27.9 Å². The van der Waals surface area contributed by atoms with Crippen LogP contribution in [-0.2, 0) is 36.8 Å². The van der Waals surface area contributed by atoms with Gasteiger partial charge in [0.1, 0.15) is 29.6 Å². The van der Waals surface area contributed by atoms with Gasteiger partial charge in [-0.15, -0.1) is 0 Å². The highest BCUT2D eigenvalue weighted by Gasteiger charge is 2.32. The fraction of sp³-hybridized carbons (Fsp3) is 0.375. The van der Waals surface area contributed by atoms with Gasteiger partial charge < -0.3 is 30.2 Å². The van der Waals surface area contributed by atoms with E-state index in [4.69, 9.17) is 25.7 Å². The molecule has 8 N–H and O–H groups in total. The molecule has 1 heterocycles. The number of rotatable bonds is 8. The van der Waals surface area contributed by atoms with Gasteiger partial charge in [-0.05, 0) is 76.9 Å². The summed E-state index contributed by atoms with van der Waals surface area (Å²) in [4.78, 5) is 56.3. The maximum atomic E-state index is 14.2. The highest BCUT2D eigenvalue weighted by molar-refractivity contribution is 6.11. The van der Waals surface area contributed by atoms with E-state index >= 15 is 0 Å². The number of methoxy groups -OCH3 is 3. The summed E-state index contributed by atoms with van der Waals surface area (Å²) in [7, 11) is 4.51. The Hall–Kier alpha value is -5.85. The molecule has 1 aliphatic rings. The summed E-state index contributed by atoms with van der Waals surface area (Å²) in [6.07, 6.45) is 2.80. The number of esters is 1. The fourth-order valence-electron chi connectivity index (χ4n) is 7.16. The lowest BCUT2D eigenvalue weighted by atomic mass is 9.86. The molecule has 1 unspecified atom stereocenters. The van der Waals surface area contributed by atoms with Crippen molar-refractivity contribution in [1.82, 2.24) is 16.0 Å². The zero-order valence-corrected chi connectivity index (χ0v) is 30.7. The van der Waals surface area contributed by atoms with E-state index < -0.39 is 41.8 Å². The van der Waals surface area contributed by atoms with E-state index in [-0.39, 0.29) is 18.8 Å². The van der Waals surface area contributed by atoms with Gasteiger partial charge in [0, 0.05) is 24.5 Å². The lowest BCUT2D eigenvalue weighted by Crippen LogP contribution is -2.78. The van der Waals surface area contributed by atoms with E-state index in [9.17, 15) is 19.2 Å². The molecule has 13 heteroatoms. The number of nitrogens with one attached hydrogen (secondary N) is 4. The third kappa shape index (κ3) is 8.97. The lowest BCUT2D eigenvalue weighted by molar-refractivity contribution is -0.459. The summed E-state index contributed by atoms with van der Waals surface area (Å²) < 4.78 is 17.5. The minimum atomic E-state index is -1.10. The average molecular weight is 726 g/mol. The van der Waals surface area contributed by atoms with Gasteiger partial charge in [-0.25, -0.2) is 4.79 Å². The fourth-order valence-corrected chi connectivity index (χ4v) is 7.16. The molecule has 3 atom stereocenters. The van der Waals surface area contributed by atoms with Crippen LogP contribution in [0.4, 0.5) is 0 Å². The monoisotopic (exact) mass is 725 g/mol. The largest absolute Gasteiger partial charge is 0.496 e. The number of amides is 3. The van der Waals surface area contributed by atoms with E-state index in [0.29, 0.717) is 55.7 Å².